The molecule has 0 radical (unpaired) electrons. The Morgan fingerprint density at radius 1 is 1.17 bits per heavy atom. The minimum absolute atomic E-state index is 0.0737. The number of urea groups is 1. The van der Waals surface area contributed by atoms with Gasteiger partial charge in [-0.15, -0.1) is 5.10 Å². The average Bonchev–Trinajstić information content (AvgIpc) is 3.32. The lowest BCUT2D eigenvalue weighted by Gasteiger charge is -2.19. The first-order valence-electron chi connectivity index (χ1n) is 11.8. The summed E-state index contributed by atoms with van der Waals surface area (Å²) < 4.78 is 35.3. The molecule has 0 unspecified atom stereocenters. The van der Waals surface area contributed by atoms with Crippen molar-refractivity contribution in [3.05, 3.63) is 65.6 Å². The number of amides is 2. The van der Waals surface area contributed by atoms with Crippen LogP contribution < -0.4 is 14.8 Å². The number of anilines is 1. The summed E-state index contributed by atoms with van der Waals surface area (Å²) >= 11 is 0. The molecule has 10 nitrogen and oxygen atoms in total. The van der Waals surface area contributed by atoms with Gasteiger partial charge in [-0.05, 0) is 79.5 Å². The Balaban J connectivity index is 1.32. The summed E-state index contributed by atoms with van der Waals surface area (Å²) in [6.07, 6.45) is 9.53. The number of sulfonamides is 1. The molecule has 0 bridgehead atoms. The highest BCUT2D eigenvalue weighted by atomic mass is 32.2. The first kappa shape index (κ1) is 22.5. The monoisotopic (exact) mass is 504 g/mol. The fourth-order valence-electron chi connectivity index (χ4n) is 4.70. The van der Waals surface area contributed by atoms with Crippen LogP contribution in [0, 0.1) is 6.92 Å². The van der Waals surface area contributed by atoms with E-state index >= 15 is 0 Å². The molecular weight excluding hydrogens is 480 g/mol. The predicted molar refractivity (Wildman–Crippen MR) is 132 cm³/mol. The molecule has 0 saturated heterocycles. The highest BCUT2D eigenvalue weighted by Gasteiger charge is 2.27. The zero-order valence-electron chi connectivity index (χ0n) is 19.6. The molecule has 2 amide bonds. The highest BCUT2D eigenvalue weighted by Crippen LogP contribution is 2.40. The third-order valence-corrected chi connectivity index (χ3v) is 7.66. The Hall–Kier alpha value is -3.99. The molecule has 11 heteroatoms. The molecule has 2 aliphatic rings. The van der Waals surface area contributed by atoms with Crippen LogP contribution in [-0.2, 0) is 22.9 Å². The smallest absolute Gasteiger partial charge is 0.333 e. The summed E-state index contributed by atoms with van der Waals surface area (Å²) in [6, 6.07) is 8.40. The third kappa shape index (κ3) is 4.26. The number of benzene rings is 1. The minimum atomic E-state index is -4.27. The average molecular weight is 505 g/mol. The van der Waals surface area contributed by atoms with Gasteiger partial charge in [0.2, 0.25) is 5.03 Å². The van der Waals surface area contributed by atoms with Crippen molar-refractivity contribution >= 4 is 27.3 Å². The van der Waals surface area contributed by atoms with E-state index in [1.54, 1.807) is 10.7 Å². The molecule has 36 heavy (non-hydrogen) atoms. The van der Waals surface area contributed by atoms with Crippen LogP contribution in [0.4, 0.5) is 10.5 Å². The van der Waals surface area contributed by atoms with Crippen LogP contribution in [0.15, 0.2) is 53.9 Å². The van der Waals surface area contributed by atoms with Gasteiger partial charge in [-0.2, -0.15) is 18.6 Å². The van der Waals surface area contributed by atoms with Crippen molar-refractivity contribution < 1.29 is 17.9 Å². The second-order valence-electron chi connectivity index (χ2n) is 9.16. The van der Waals surface area contributed by atoms with E-state index in [4.69, 9.17) is 4.74 Å². The quantitative estimate of drug-likeness (QED) is 0.410. The standard InChI is InChI=1S/C25H24N6O4S/c1-15-11-16-3-2-4-21(16)24(23(15)17-8-10-31-18(12-17)7-9-27-31)28-25(32)30-36(33,34)22-13-20(14-26-29-22)35-19-5-6-19/h7-14,19H,2-6H2,1H3,(H2,28,30,32). The Labute approximate surface area is 207 Å². The Bertz CT molecular complexity index is 1610. The van der Waals surface area contributed by atoms with Crippen molar-refractivity contribution in [3.63, 3.8) is 0 Å². The van der Waals surface area contributed by atoms with Gasteiger partial charge in [0.15, 0.2) is 0 Å². The van der Waals surface area contributed by atoms with E-state index in [1.165, 1.54) is 12.3 Å². The SMILES string of the molecule is Cc1cc2c(c(NC(=O)NS(=O)(=O)c3cc(OC4CC4)cnn3)c1-c1ccn3nccc3c1)CCC2. The van der Waals surface area contributed by atoms with Gasteiger partial charge in [0.1, 0.15) is 5.75 Å². The topological polar surface area (TPSA) is 128 Å². The largest absolute Gasteiger partial charge is 0.489 e. The van der Waals surface area contributed by atoms with Gasteiger partial charge in [0.25, 0.3) is 10.0 Å². The summed E-state index contributed by atoms with van der Waals surface area (Å²) in [5.41, 5.74) is 6.48. The number of nitrogens with zero attached hydrogens (tertiary/aromatic N) is 4. The zero-order valence-corrected chi connectivity index (χ0v) is 20.4. The summed E-state index contributed by atoms with van der Waals surface area (Å²) in [5.74, 6) is 0.308. The molecule has 0 aliphatic heterocycles. The first-order chi connectivity index (χ1) is 17.4. The number of pyridine rings is 1. The number of aromatic nitrogens is 4. The van der Waals surface area contributed by atoms with E-state index in [-0.39, 0.29) is 11.1 Å². The summed E-state index contributed by atoms with van der Waals surface area (Å²) in [7, 11) is -4.27. The minimum Gasteiger partial charge on any atom is -0.489 e. The van der Waals surface area contributed by atoms with Crippen molar-refractivity contribution in [1.82, 2.24) is 24.5 Å². The fraction of sp³-hybridized carbons (Fsp3) is 0.280. The molecule has 0 atom stereocenters. The Morgan fingerprint density at radius 2 is 2.03 bits per heavy atom. The van der Waals surface area contributed by atoms with E-state index in [9.17, 15) is 13.2 Å². The number of fused-ring (bicyclic) bond motifs is 2. The Kier molecular flexibility index (Phi) is 5.36. The zero-order chi connectivity index (χ0) is 24.9. The van der Waals surface area contributed by atoms with Crippen LogP contribution in [0.3, 0.4) is 0 Å². The van der Waals surface area contributed by atoms with Crippen LogP contribution in [-0.4, -0.2) is 40.4 Å². The molecule has 2 N–H and O–H groups in total. The maximum Gasteiger partial charge on any atom is 0.333 e. The third-order valence-electron chi connectivity index (χ3n) is 6.46. The fourth-order valence-corrected chi connectivity index (χ4v) is 5.52. The number of hydrogen-bond acceptors (Lipinski definition) is 7. The number of hydrogen-bond donors (Lipinski definition) is 2. The van der Waals surface area contributed by atoms with E-state index in [1.807, 2.05) is 31.3 Å². The normalized spacial score (nSPS) is 15.0. The predicted octanol–water partition coefficient (Wildman–Crippen LogP) is 3.64. The van der Waals surface area contributed by atoms with Crippen LogP contribution >= 0.6 is 0 Å². The van der Waals surface area contributed by atoms with Gasteiger partial charge < -0.3 is 10.1 Å². The molecule has 6 rings (SSSR count). The molecule has 1 aromatic carbocycles. The summed E-state index contributed by atoms with van der Waals surface area (Å²) in [5, 5.41) is 14.1. The number of nitrogens with one attached hydrogen (secondary N) is 2. The number of carbonyl (C=O) groups excluding carboxylic acids is 1. The molecule has 4 aromatic rings. The van der Waals surface area contributed by atoms with Crippen LogP contribution in [0.25, 0.3) is 16.6 Å². The van der Waals surface area contributed by atoms with Gasteiger partial charge in [0.05, 0.1) is 23.5 Å². The van der Waals surface area contributed by atoms with Crippen molar-refractivity contribution in [2.45, 2.75) is 50.2 Å². The molecule has 3 heterocycles. The molecule has 184 valence electrons. The molecule has 1 fully saturated rings. The first-order valence-corrected chi connectivity index (χ1v) is 13.3. The molecule has 1 saturated carbocycles. The van der Waals surface area contributed by atoms with Crippen LogP contribution in [0.5, 0.6) is 5.75 Å². The number of ether oxygens (including phenoxy) is 1. The van der Waals surface area contributed by atoms with Crippen molar-refractivity contribution in [2.75, 3.05) is 5.32 Å². The molecular formula is C25H24N6O4S. The maximum absolute atomic E-state index is 13.0. The maximum atomic E-state index is 13.0. The van der Waals surface area contributed by atoms with Gasteiger partial charge >= 0.3 is 6.03 Å². The van der Waals surface area contributed by atoms with Crippen LogP contribution in [0.2, 0.25) is 0 Å². The van der Waals surface area contributed by atoms with Gasteiger partial charge in [-0.1, -0.05) is 6.07 Å². The second-order valence-corrected chi connectivity index (χ2v) is 10.8. The van der Waals surface area contributed by atoms with E-state index in [2.05, 4.69) is 31.4 Å². The lowest BCUT2D eigenvalue weighted by atomic mass is 9.93. The number of carbonyl (C=O) groups is 1. The van der Waals surface area contributed by atoms with E-state index < -0.39 is 16.1 Å². The summed E-state index contributed by atoms with van der Waals surface area (Å²) in [6.45, 7) is 2.00. The summed E-state index contributed by atoms with van der Waals surface area (Å²) in [4.78, 5) is 13.0. The van der Waals surface area contributed by atoms with Crippen molar-refractivity contribution in [1.29, 1.82) is 0 Å². The number of aryl methyl sites for hydroxylation is 2. The highest BCUT2D eigenvalue weighted by molar-refractivity contribution is 7.90. The Morgan fingerprint density at radius 3 is 2.86 bits per heavy atom. The molecule has 0 spiro atoms. The second kappa shape index (κ2) is 8.59. The van der Waals surface area contributed by atoms with Gasteiger partial charge in [-0.25, -0.2) is 14.0 Å². The van der Waals surface area contributed by atoms with Crippen LogP contribution in [0.1, 0.15) is 36.0 Å². The van der Waals surface area contributed by atoms with Crippen molar-refractivity contribution in [2.24, 2.45) is 0 Å². The van der Waals surface area contributed by atoms with Gasteiger partial charge in [0, 0.05) is 24.0 Å². The lowest BCUT2D eigenvalue weighted by Crippen LogP contribution is -2.35. The van der Waals surface area contributed by atoms with Gasteiger partial charge in [-0.3, -0.25) is 0 Å². The van der Waals surface area contributed by atoms with E-state index in [0.29, 0.717) is 11.4 Å². The number of rotatable bonds is 6. The lowest BCUT2D eigenvalue weighted by molar-refractivity contribution is 0.256. The van der Waals surface area contributed by atoms with E-state index in [0.717, 1.165) is 65.4 Å². The van der Waals surface area contributed by atoms with Crippen molar-refractivity contribution in [3.8, 4) is 16.9 Å². The molecule has 2 aliphatic carbocycles. The molecule has 3 aromatic heterocycles.